The third-order valence-electron chi connectivity index (χ3n) is 7.40. The summed E-state index contributed by atoms with van der Waals surface area (Å²) in [5.74, 6) is 3.53. The van der Waals surface area contributed by atoms with Gasteiger partial charge in [0.15, 0.2) is 0 Å². The fourth-order valence-corrected chi connectivity index (χ4v) is 6.77. The van der Waals surface area contributed by atoms with E-state index in [4.69, 9.17) is 4.74 Å². The SMILES string of the molecule is O=C(CC12CC3CC(CC(C3)C1)C2)Nc1cnn(CC2CCOCC2)c1. The van der Waals surface area contributed by atoms with Gasteiger partial charge in [-0.05, 0) is 80.5 Å². The molecule has 1 aromatic rings. The van der Waals surface area contributed by atoms with Gasteiger partial charge in [-0.15, -0.1) is 0 Å². The minimum Gasteiger partial charge on any atom is -0.381 e. The van der Waals surface area contributed by atoms with Gasteiger partial charge in [0.05, 0.1) is 11.9 Å². The van der Waals surface area contributed by atoms with Crippen LogP contribution in [-0.4, -0.2) is 28.9 Å². The van der Waals surface area contributed by atoms with Gasteiger partial charge in [-0.2, -0.15) is 5.10 Å². The van der Waals surface area contributed by atoms with E-state index >= 15 is 0 Å². The molecule has 4 saturated carbocycles. The van der Waals surface area contributed by atoms with Crippen LogP contribution in [0.3, 0.4) is 0 Å². The van der Waals surface area contributed by atoms with E-state index in [1.165, 1.54) is 38.5 Å². The molecule has 5 nitrogen and oxygen atoms in total. The van der Waals surface area contributed by atoms with E-state index in [1.807, 2.05) is 10.9 Å². The second kappa shape index (κ2) is 6.66. The zero-order valence-corrected chi connectivity index (χ0v) is 15.7. The van der Waals surface area contributed by atoms with Gasteiger partial charge < -0.3 is 10.1 Å². The lowest BCUT2D eigenvalue weighted by atomic mass is 9.49. The first kappa shape index (κ1) is 16.8. The standard InChI is InChI=1S/C21H31N3O2/c25-20(11-21-8-16-5-17(9-21)7-18(6-16)10-21)23-19-12-22-24(14-19)13-15-1-3-26-4-2-15/h12,14-18H,1-11,13H2,(H,23,25). The van der Waals surface area contributed by atoms with Crippen molar-refractivity contribution in [1.82, 2.24) is 9.78 Å². The number of rotatable bonds is 5. The molecule has 0 aromatic carbocycles. The zero-order chi connectivity index (χ0) is 17.6. The molecule has 5 aliphatic rings. The normalized spacial score (nSPS) is 36.4. The van der Waals surface area contributed by atoms with Gasteiger partial charge in [0.1, 0.15) is 0 Å². The van der Waals surface area contributed by atoms with Crippen molar-refractivity contribution in [3.63, 3.8) is 0 Å². The van der Waals surface area contributed by atoms with Gasteiger partial charge in [-0.3, -0.25) is 9.48 Å². The molecule has 5 heteroatoms. The molecule has 1 N–H and O–H groups in total. The van der Waals surface area contributed by atoms with Crippen molar-refractivity contribution in [1.29, 1.82) is 0 Å². The van der Waals surface area contributed by atoms with Crippen LogP contribution in [0.2, 0.25) is 0 Å². The molecule has 4 aliphatic carbocycles. The van der Waals surface area contributed by atoms with E-state index < -0.39 is 0 Å². The highest BCUT2D eigenvalue weighted by atomic mass is 16.5. The monoisotopic (exact) mass is 357 g/mol. The first-order valence-electron chi connectivity index (χ1n) is 10.6. The molecule has 0 atom stereocenters. The summed E-state index contributed by atoms with van der Waals surface area (Å²) in [6.45, 7) is 2.65. The van der Waals surface area contributed by atoms with E-state index in [0.717, 1.165) is 56.0 Å². The Kier molecular flexibility index (Phi) is 4.30. The summed E-state index contributed by atoms with van der Waals surface area (Å²) in [6.07, 6.45) is 14.9. The summed E-state index contributed by atoms with van der Waals surface area (Å²) >= 11 is 0. The molecule has 142 valence electrons. The van der Waals surface area contributed by atoms with Crippen LogP contribution in [0.5, 0.6) is 0 Å². The van der Waals surface area contributed by atoms with Crippen molar-refractivity contribution < 1.29 is 9.53 Å². The smallest absolute Gasteiger partial charge is 0.225 e. The molecule has 2 heterocycles. The van der Waals surface area contributed by atoms with Crippen LogP contribution >= 0.6 is 0 Å². The Morgan fingerprint density at radius 2 is 1.81 bits per heavy atom. The van der Waals surface area contributed by atoms with Crippen LogP contribution in [0, 0.1) is 29.1 Å². The fourth-order valence-electron chi connectivity index (χ4n) is 6.77. The van der Waals surface area contributed by atoms with Crippen LogP contribution in [-0.2, 0) is 16.1 Å². The highest BCUT2D eigenvalue weighted by Gasteiger charge is 2.51. The Balaban J connectivity index is 1.17. The number of carbonyl (C=O) groups is 1. The molecule has 1 aliphatic heterocycles. The number of nitrogens with zero attached hydrogens (tertiary/aromatic N) is 2. The molecule has 1 amide bonds. The molecule has 1 aromatic heterocycles. The maximum absolute atomic E-state index is 12.7. The van der Waals surface area contributed by atoms with E-state index in [-0.39, 0.29) is 5.91 Å². The molecule has 6 rings (SSSR count). The van der Waals surface area contributed by atoms with Crippen molar-refractivity contribution in [2.45, 2.75) is 64.3 Å². The van der Waals surface area contributed by atoms with Gasteiger partial charge in [0, 0.05) is 32.4 Å². The Morgan fingerprint density at radius 1 is 1.15 bits per heavy atom. The van der Waals surface area contributed by atoms with E-state index in [2.05, 4.69) is 10.4 Å². The highest BCUT2D eigenvalue weighted by molar-refractivity contribution is 5.90. The minimum absolute atomic E-state index is 0.192. The topological polar surface area (TPSA) is 56.2 Å². The van der Waals surface area contributed by atoms with E-state index in [1.54, 1.807) is 6.20 Å². The first-order chi connectivity index (χ1) is 12.7. The lowest BCUT2D eigenvalue weighted by Crippen LogP contribution is -2.47. The highest BCUT2D eigenvalue weighted by Crippen LogP contribution is 2.61. The third-order valence-corrected chi connectivity index (χ3v) is 7.40. The van der Waals surface area contributed by atoms with Crippen LogP contribution in [0.25, 0.3) is 0 Å². The van der Waals surface area contributed by atoms with E-state index in [9.17, 15) is 4.79 Å². The summed E-state index contributed by atoms with van der Waals surface area (Å²) in [4.78, 5) is 12.7. The summed E-state index contributed by atoms with van der Waals surface area (Å²) in [6, 6.07) is 0. The summed E-state index contributed by atoms with van der Waals surface area (Å²) in [7, 11) is 0. The van der Waals surface area contributed by atoms with Gasteiger partial charge >= 0.3 is 0 Å². The molecule has 0 radical (unpaired) electrons. The van der Waals surface area contributed by atoms with Gasteiger partial charge in [0.25, 0.3) is 0 Å². The Labute approximate surface area is 155 Å². The average Bonchev–Trinajstić information content (AvgIpc) is 3.00. The fraction of sp³-hybridized carbons (Fsp3) is 0.810. The predicted octanol–water partition coefficient (Wildman–Crippen LogP) is 3.85. The van der Waals surface area contributed by atoms with Gasteiger partial charge in [-0.25, -0.2) is 0 Å². The zero-order valence-electron chi connectivity index (χ0n) is 15.7. The number of carbonyl (C=O) groups excluding carboxylic acids is 1. The molecule has 1 saturated heterocycles. The third kappa shape index (κ3) is 3.42. The lowest BCUT2D eigenvalue weighted by Gasteiger charge is -2.56. The number of hydrogen-bond donors (Lipinski definition) is 1. The van der Waals surface area contributed by atoms with Crippen LogP contribution in [0.4, 0.5) is 5.69 Å². The molecule has 4 bridgehead atoms. The average molecular weight is 357 g/mol. The number of aromatic nitrogens is 2. The molecule has 0 spiro atoms. The maximum Gasteiger partial charge on any atom is 0.225 e. The number of hydrogen-bond acceptors (Lipinski definition) is 3. The van der Waals surface area contributed by atoms with E-state index in [0.29, 0.717) is 17.8 Å². The van der Waals surface area contributed by atoms with Crippen LogP contribution < -0.4 is 5.32 Å². The predicted molar refractivity (Wildman–Crippen MR) is 99.6 cm³/mol. The largest absolute Gasteiger partial charge is 0.381 e. The number of ether oxygens (including phenoxy) is 1. The Morgan fingerprint density at radius 3 is 2.46 bits per heavy atom. The van der Waals surface area contributed by atoms with Crippen molar-refractivity contribution in [3.8, 4) is 0 Å². The molecule has 26 heavy (non-hydrogen) atoms. The van der Waals surface area contributed by atoms with Crippen molar-refractivity contribution in [3.05, 3.63) is 12.4 Å². The number of nitrogens with one attached hydrogen (secondary N) is 1. The second-order valence-corrected chi connectivity index (χ2v) is 9.65. The minimum atomic E-state index is 0.192. The molecule has 5 fully saturated rings. The second-order valence-electron chi connectivity index (χ2n) is 9.65. The van der Waals surface area contributed by atoms with Crippen molar-refractivity contribution >= 4 is 11.6 Å². The van der Waals surface area contributed by atoms with Gasteiger partial charge in [0.2, 0.25) is 5.91 Å². The summed E-state index contributed by atoms with van der Waals surface area (Å²) in [5, 5.41) is 7.58. The summed E-state index contributed by atoms with van der Waals surface area (Å²) in [5.41, 5.74) is 1.16. The first-order valence-corrected chi connectivity index (χ1v) is 10.6. The van der Waals surface area contributed by atoms with Gasteiger partial charge in [-0.1, -0.05) is 0 Å². The molecule has 0 unspecified atom stereocenters. The summed E-state index contributed by atoms with van der Waals surface area (Å²) < 4.78 is 7.41. The lowest BCUT2D eigenvalue weighted by molar-refractivity contribution is -0.124. The quantitative estimate of drug-likeness (QED) is 0.871. The molecular formula is C21H31N3O2. The Bertz CT molecular complexity index is 627. The number of amides is 1. The van der Waals surface area contributed by atoms with Crippen LogP contribution in [0.15, 0.2) is 12.4 Å². The van der Waals surface area contributed by atoms with Crippen LogP contribution in [0.1, 0.15) is 57.8 Å². The maximum atomic E-state index is 12.7. The number of anilines is 1. The Hall–Kier alpha value is -1.36. The van der Waals surface area contributed by atoms with Crippen molar-refractivity contribution in [2.24, 2.45) is 29.1 Å². The van der Waals surface area contributed by atoms with Crippen molar-refractivity contribution in [2.75, 3.05) is 18.5 Å². The molecular weight excluding hydrogens is 326 g/mol.